The predicted molar refractivity (Wildman–Crippen MR) is 96.0 cm³/mol. The van der Waals surface area contributed by atoms with E-state index < -0.39 is 11.6 Å². The van der Waals surface area contributed by atoms with Gasteiger partial charge in [0.15, 0.2) is 0 Å². The first kappa shape index (κ1) is 18.3. The number of pyridine rings is 1. The average molecular weight is 373 g/mol. The molecule has 0 aliphatic carbocycles. The highest BCUT2D eigenvalue weighted by molar-refractivity contribution is 7.99. The van der Waals surface area contributed by atoms with E-state index in [1.807, 2.05) is 19.9 Å². The number of carbonyl (C=O) groups is 1. The molecule has 0 unspecified atom stereocenters. The van der Waals surface area contributed by atoms with Crippen LogP contribution in [0, 0.1) is 11.6 Å². The van der Waals surface area contributed by atoms with Gasteiger partial charge in [-0.05, 0) is 29.7 Å². The molecule has 134 valence electrons. The van der Waals surface area contributed by atoms with Crippen LogP contribution in [0.4, 0.5) is 8.78 Å². The summed E-state index contributed by atoms with van der Waals surface area (Å²) in [6, 6.07) is 5.29. The van der Waals surface area contributed by atoms with Crippen molar-refractivity contribution in [1.82, 2.24) is 14.5 Å². The molecule has 3 aromatic rings. The molecule has 2 heterocycles. The smallest absolute Gasteiger partial charge is 0.219 e. The van der Waals surface area contributed by atoms with Gasteiger partial charge < -0.3 is 0 Å². The van der Waals surface area contributed by atoms with Crippen LogP contribution < -0.4 is 0 Å². The second-order valence-electron chi connectivity index (χ2n) is 6.06. The summed E-state index contributed by atoms with van der Waals surface area (Å²) in [5, 5.41) is 0. The van der Waals surface area contributed by atoms with E-state index in [-0.39, 0.29) is 5.92 Å². The van der Waals surface area contributed by atoms with Crippen LogP contribution in [0.3, 0.4) is 0 Å². The van der Waals surface area contributed by atoms with Crippen LogP contribution in [0.2, 0.25) is 0 Å². The molecule has 7 heteroatoms. The SMILES string of the molecule is CC(C)c1c(Sc2cc(F)cc(F)c2)ccnc1Cc1nccn1C=O. The van der Waals surface area contributed by atoms with Crippen molar-refractivity contribution in [2.24, 2.45) is 0 Å². The van der Waals surface area contributed by atoms with Gasteiger partial charge in [-0.2, -0.15) is 0 Å². The van der Waals surface area contributed by atoms with E-state index in [1.54, 1.807) is 18.6 Å². The molecule has 3 rings (SSSR count). The summed E-state index contributed by atoms with van der Waals surface area (Å²) in [5.41, 5.74) is 1.76. The van der Waals surface area contributed by atoms with Gasteiger partial charge in [0, 0.05) is 40.9 Å². The van der Waals surface area contributed by atoms with E-state index >= 15 is 0 Å². The number of imidazole rings is 1. The summed E-state index contributed by atoms with van der Waals surface area (Å²) in [4.78, 5) is 21.1. The van der Waals surface area contributed by atoms with Gasteiger partial charge in [-0.1, -0.05) is 25.6 Å². The quantitative estimate of drug-likeness (QED) is 0.599. The zero-order valence-electron chi connectivity index (χ0n) is 14.3. The van der Waals surface area contributed by atoms with Gasteiger partial charge in [0.25, 0.3) is 0 Å². The number of rotatable bonds is 6. The second kappa shape index (κ2) is 7.78. The predicted octanol–water partition coefficient (Wildman–Crippen LogP) is 4.46. The number of hydrogen-bond acceptors (Lipinski definition) is 4. The Morgan fingerprint density at radius 3 is 2.54 bits per heavy atom. The minimum Gasteiger partial charge on any atom is -0.278 e. The maximum atomic E-state index is 13.5. The van der Waals surface area contributed by atoms with Gasteiger partial charge in [-0.15, -0.1) is 0 Å². The highest BCUT2D eigenvalue weighted by Gasteiger charge is 2.17. The minimum atomic E-state index is -0.610. The maximum absolute atomic E-state index is 13.5. The summed E-state index contributed by atoms with van der Waals surface area (Å²) in [6.45, 7) is 4.06. The monoisotopic (exact) mass is 373 g/mol. The Kier molecular flexibility index (Phi) is 5.46. The number of nitrogens with zero attached hydrogens (tertiary/aromatic N) is 3. The fourth-order valence-electron chi connectivity index (χ4n) is 2.79. The topological polar surface area (TPSA) is 47.8 Å². The molecule has 4 nitrogen and oxygen atoms in total. The summed E-state index contributed by atoms with van der Waals surface area (Å²) >= 11 is 1.29. The lowest BCUT2D eigenvalue weighted by atomic mass is 9.99. The van der Waals surface area contributed by atoms with Crippen molar-refractivity contribution in [2.45, 2.75) is 36.0 Å². The van der Waals surface area contributed by atoms with E-state index in [0.717, 1.165) is 22.2 Å². The van der Waals surface area contributed by atoms with Crippen molar-refractivity contribution in [1.29, 1.82) is 0 Å². The fourth-order valence-corrected chi connectivity index (χ4v) is 3.97. The molecule has 0 saturated heterocycles. The third-order valence-electron chi connectivity index (χ3n) is 3.86. The number of halogens is 2. The zero-order chi connectivity index (χ0) is 18.7. The lowest BCUT2D eigenvalue weighted by Gasteiger charge is -2.16. The van der Waals surface area contributed by atoms with Crippen molar-refractivity contribution < 1.29 is 13.6 Å². The third kappa shape index (κ3) is 3.99. The number of hydrogen-bond donors (Lipinski definition) is 0. The van der Waals surface area contributed by atoms with Crippen LogP contribution in [0.25, 0.3) is 0 Å². The minimum absolute atomic E-state index is 0.138. The summed E-state index contributed by atoms with van der Waals surface area (Å²) in [6.07, 6.45) is 5.91. The van der Waals surface area contributed by atoms with Crippen molar-refractivity contribution in [2.75, 3.05) is 0 Å². The maximum Gasteiger partial charge on any atom is 0.219 e. The van der Waals surface area contributed by atoms with Crippen LogP contribution >= 0.6 is 11.8 Å². The molecule has 0 spiro atoms. The van der Waals surface area contributed by atoms with Gasteiger partial charge in [0.2, 0.25) is 6.41 Å². The molecule has 0 fully saturated rings. The molecule has 0 aliphatic rings. The Labute approximate surface area is 154 Å². The Hall–Kier alpha value is -2.54. The Morgan fingerprint density at radius 2 is 1.88 bits per heavy atom. The van der Waals surface area contributed by atoms with Crippen LogP contribution in [0.5, 0.6) is 0 Å². The second-order valence-corrected chi connectivity index (χ2v) is 7.18. The summed E-state index contributed by atoms with van der Waals surface area (Å²) in [7, 11) is 0. The van der Waals surface area contributed by atoms with Crippen LogP contribution in [-0.4, -0.2) is 20.9 Å². The molecule has 0 aliphatic heterocycles. The number of benzene rings is 1. The first-order chi connectivity index (χ1) is 12.5. The molecular formula is C19H17F2N3OS. The molecule has 0 radical (unpaired) electrons. The normalized spacial score (nSPS) is 11.1. The van der Waals surface area contributed by atoms with Gasteiger partial charge in [-0.3, -0.25) is 14.3 Å². The van der Waals surface area contributed by atoms with Crippen LogP contribution in [0.15, 0.2) is 52.6 Å². The lowest BCUT2D eigenvalue weighted by Crippen LogP contribution is -2.08. The summed E-state index contributed by atoms with van der Waals surface area (Å²) in [5.74, 6) is -0.491. The number of aromatic nitrogens is 3. The van der Waals surface area contributed by atoms with Crippen LogP contribution in [0.1, 0.15) is 36.8 Å². The molecular weight excluding hydrogens is 356 g/mol. The summed E-state index contributed by atoms with van der Waals surface area (Å²) < 4.78 is 28.4. The van der Waals surface area contributed by atoms with Crippen molar-refractivity contribution in [3.05, 3.63) is 71.6 Å². The Morgan fingerprint density at radius 1 is 1.15 bits per heavy atom. The van der Waals surface area contributed by atoms with Crippen LogP contribution in [-0.2, 0) is 11.2 Å². The van der Waals surface area contributed by atoms with Gasteiger partial charge in [0.1, 0.15) is 17.5 Å². The Balaban J connectivity index is 1.99. The fraction of sp³-hybridized carbons (Fsp3) is 0.211. The van der Waals surface area contributed by atoms with E-state index in [0.29, 0.717) is 23.6 Å². The van der Waals surface area contributed by atoms with E-state index in [2.05, 4.69) is 9.97 Å². The first-order valence-corrected chi connectivity index (χ1v) is 8.88. The highest BCUT2D eigenvalue weighted by Crippen LogP contribution is 2.36. The molecule has 26 heavy (non-hydrogen) atoms. The van der Waals surface area contributed by atoms with E-state index in [9.17, 15) is 13.6 Å². The largest absolute Gasteiger partial charge is 0.278 e. The number of carbonyl (C=O) groups excluding carboxylic acids is 1. The van der Waals surface area contributed by atoms with Crippen molar-refractivity contribution >= 4 is 18.2 Å². The molecule has 2 aromatic heterocycles. The average Bonchev–Trinajstić information content (AvgIpc) is 3.01. The molecule has 0 saturated carbocycles. The molecule has 1 aromatic carbocycles. The van der Waals surface area contributed by atoms with E-state index in [4.69, 9.17) is 0 Å². The molecule has 0 N–H and O–H groups in total. The van der Waals surface area contributed by atoms with Crippen molar-refractivity contribution in [3.63, 3.8) is 0 Å². The van der Waals surface area contributed by atoms with Crippen molar-refractivity contribution in [3.8, 4) is 0 Å². The third-order valence-corrected chi connectivity index (χ3v) is 4.91. The molecule has 0 bridgehead atoms. The zero-order valence-corrected chi connectivity index (χ0v) is 15.1. The standard InChI is InChI=1S/C19H17F2N3OS/c1-12(2)19-16(10-18-23-5-6-24(18)11-25)22-4-3-17(19)26-15-8-13(20)7-14(21)9-15/h3-9,11-12H,10H2,1-2H3. The van der Waals surface area contributed by atoms with Gasteiger partial charge >= 0.3 is 0 Å². The molecule has 0 amide bonds. The first-order valence-electron chi connectivity index (χ1n) is 8.06. The van der Waals surface area contributed by atoms with E-state index in [1.165, 1.54) is 28.5 Å². The molecule has 0 atom stereocenters. The lowest BCUT2D eigenvalue weighted by molar-refractivity contribution is 0.545. The van der Waals surface area contributed by atoms with Gasteiger partial charge in [-0.25, -0.2) is 13.8 Å². The highest BCUT2D eigenvalue weighted by atomic mass is 32.2. The Bertz CT molecular complexity index is 920. The van der Waals surface area contributed by atoms with Gasteiger partial charge in [0.05, 0.1) is 5.69 Å².